The van der Waals surface area contributed by atoms with Gasteiger partial charge in [-0.25, -0.2) is 0 Å². The minimum atomic E-state index is -1.10. The summed E-state index contributed by atoms with van der Waals surface area (Å²) in [6, 6.07) is 6.25. The first-order chi connectivity index (χ1) is 5.17. The fourth-order valence-corrected chi connectivity index (χ4v) is 3.36. The Balaban J connectivity index is 2.93. The van der Waals surface area contributed by atoms with Crippen LogP contribution in [0.1, 0.15) is 0 Å². The number of hydrogen-bond donors (Lipinski definition) is 0. The van der Waals surface area contributed by atoms with Crippen LogP contribution in [0.5, 0.6) is 0 Å². The lowest BCUT2D eigenvalue weighted by Crippen LogP contribution is -2.43. The van der Waals surface area contributed by atoms with Crippen LogP contribution in [0.15, 0.2) is 24.4 Å². The summed E-state index contributed by atoms with van der Waals surface area (Å²) in [5.74, 6) is 0. The minimum Gasteiger partial charge on any atom is -0.266 e. The lowest BCUT2D eigenvalue weighted by Gasteiger charge is -2.18. The molecule has 1 heterocycles. The van der Waals surface area contributed by atoms with Gasteiger partial charge in [0.25, 0.3) is 0 Å². The highest BCUT2D eigenvalue weighted by atomic mass is 28.4. The Kier molecular flexibility index (Phi) is 2.62. The Morgan fingerprint density at radius 2 is 2.18 bits per heavy atom. The number of nitrogens with zero attached hydrogens (tertiary/aromatic N) is 1. The number of rotatable bonds is 2. The number of hydrogen-bond acceptors (Lipinski definition) is 1. The maximum Gasteiger partial charge on any atom is 0.101 e. The summed E-state index contributed by atoms with van der Waals surface area (Å²) < 4.78 is 0. The van der Waals surface area contributed by atoms with Crippen molar-refractivity contribution >= 4 is 23.6 Å². The predicted molar refractivity (Wildman–Crippen MR) is 56.1 cm³/mol. The molecule has 0 aliphatic rings. The maximum absolute atomic E-state index is 4.41. The minimum absolute atomic E-state index is 1.10. The van der Waals surface area contributed by atoms with E-state index >= 15 is 0 Å². The van der Waals surface area contributed by atoms with Crippen molar-refractivity contribution in [3.63, 3.8) is 0 Å². The molecule has 0 spiro atoms. The molecule has 1 rings (SSSR count). The van der Waals surface area contributed by atoms with Crippen molar-refractivity contribution in [2.24, 2.45) is 0 Å². The van der Waals surface area contributed by atoms with Crippen LogP contribution in [-0.2, 0) is 0 Å². The van der Waals surface area contributed by atoms with Crippen LogP contribution < -0.4 is 5.32 Å². The Labute approximate surface area is 72.3 Å². The van der Waals surface area contributed by atoms with Crippen LogP contribution in [0.3, 0.4) is 0 Å². The first kappa shape index (κ1) is 8.68. The molecular formula is C8H15NSi2. The largest absolute Gasteiger partial charge is 0.266 e. The van der Waals surface area contributed by atoms with E-state index < -0.39 is 8.07 Å². The van der Waals surface area contributed by atoms with Crippen molar-refractivity contribution in [2.45, 2.75) is 18.8 Å². The topological polar surface area (TPSA) is 12.9 Å². The fourth-order valence-electron chi connectivity index (χ4n) is 0.944. The van der Waals surface area contributed by atoms with Crippen molar-refractivity contribution in [1.82, 2.24) is 4.98 Å². The molecule has 3 heteroatoms. The summed E-state index contributed by atoms with van der Waals surface area (Å²) in [7, 11) is 0.201. The third kappa shape index (κ3) is 2.00. The predicted octanol–water partition coefficient (Wildman–Crippen LogP) is 0.320. The molecule has 0 aliphatic heterocycles. The Hall–Kier alpha value is -0.416. The van der Waals surface area contributed by atoms with E-state index in [4.69, 9.17) is 0 Å². The lowest BCUT2D eigenvalue weighted by atomic mass is 10.5. The smallest absolute Gasteiger partial charge is 0.101 e. The van der Waals surface area contributed by atoms with Crippen LogP contribution in [-0.4, -0.2) is 23.3 Å². The van der Waals surface area contributed by atoms with Crippen LogP contribution >= 0.6 is 0 Å². The normalized spacial score (nSPS) is 11.8. The Morgan fingerprint density at radius 1 is 1.45 bits per heavy atom. The summed E-state index contributed by atoms with van der Waals surface area (Å²) in [6.07, 6.45) is 1.90. The van der Waals surface area contributed by atoms with Crippen molar-refractivity contribution in [3.05, 3.63) is 24.4 Å². The molecule has 0 aromatic carbocycles. The average Bonchev–Trinajstić information content (AvgIpc) is 2.06. The zero-order valence-electron chi connectivity index (χ0n) is 7.46. The molecule has 1 nitrogen and oxygen atoms in total. The van der Waals surface area contributed by atoms with E-state index in [9.17, 15) is 0 Å². The monoisotopic (exact) mass is 181 g/mol. The Morgan fingerprint density at radius 3 is 2.64 bits per heavy atom. The van der Waals surface area contributed by atoms with E-state index in [1.165, 1.54) is 21.2 Å². The van der Waals surface area contributed by atoms with Gasteiger partial charge in [-0.3, -0.25) is 4.98 Å². The van der Waals surface area contributed by atoms with Gasteiger partial charge in [-0.1, -0.05) is 24.8 Å². The molecule has 0 amide bonds. The molecule has 1 aromatic heterocycles. The van der Waals surface area contributed by atoms with Gasteiger partial charge in [-0.05, 0) is 12.1 Å². The summed E-state index contributed by atoms with van der Waals surface area (Å²) in [4.78, 5) is 4.41. The molecule has 1 aromatic rings. The molecule has 0 radical (unpaired) electrons. The van der Waals surface area contributed by atoms with Gasteiger partial charge in [-0.2, -0.15) is 0 Å². The van der Waals surface area contributed by atoms with Gasteiger partial charge in [0.05, 0.1) is 0 Å². The van der Waals surface area contributed by atoms with Crippen LogP contribution in [0, 0.1) is 0 Å². The highest BCUT2D eigenvalue weighted by Crippen LogP contribution is 2.03. The molecule has 11 heavy (non-hydrogen) atoms. The molecule has 0 unspecified atom stereocenters. The van der Waals surface area contributed by atoms with E-state index in [0.717, 1.165) is 0 Å². The van der Waals surface area contributed by atoms with Crippen molar-refractivity contribution in [3.8, 4) is 0 Å². The summed E-state index contributed by atoms with van der Waals surface area (Å²) in [5.41, 5.74) is 1.41. The molecule has 0 saturated carbocycles. The molecule has 0 aliphatic carbocycles. The lowest BCUT2D eigenvalue weighted by molar-refractivity contribution is 1.36. The van der Waals surface area contributed by atoms with Gasteiger partial charge in [0, 0.05) is 21.8 Å². The van der Waals surface area contributed by atoms with E-state index in [1.54, 1.807) is 0 Å². The molecule has 0 bridgehead atoms. The highest BCUT2D eigenvalue weighted by Gasteiger charge is 2.21. The third-order valence-corrected chi connectivity index (χ3v) is 11.0. The van der Waals surface area contributed by atoms with Gasteiger partial charge in [0.15, 0.2) is 0 Å². The van der Waals surface area contributed by atoms with E-state index in [0.29, 0.717) is 0 Å². The maximum atomic E-state index is 4.41. The fraction of sp³-hybridized carbons (Fsp3) is 0.375. The van der Waals surface area contributed by atoms with Crippen LogP contribution in [0.2, 0.25) is 18.8 Å². The molecular weight excluding hydrogens is 166 g/mol. The van der Waals surface area contributed by atoms with Gasteiger partial charge in [-0.15, -0.1) is 0 Å². The second-order valence-corrected chi connectivity index (χ2v) is 10.6. The van der Waals surface area contributed by atoms with Crippen molar-refractivity contribution in [2.75, 3.05) is 0 Å². The van der Waals surface area contributed by atoms with Crippen molar-refractivity contribution in [1.29, 1.82) is 0 Å². The third-order valence-electron chi connectivity index (χ3n) is 2.24. The van der Waals surface area contributed by atoms with Crippen molar-refractivity contribution < 1.29 is 0 Å². The number of aromatic nitrogens is 1. The summed E-state index contributed by atoms with van der Waals surface area (Å²) in [6.45, 7) is 4.78. The van der Waals surface area contributed by atoms with E-state index in [2.05, 4.69) is 30.2 Å². The highest BCUT2D eigenvalue weighted by molar-refractivity contribution is 6.92. The first-order valence-corrected chi connectivity index (χ1v) is 8.70. The zero-order valence-corrected chi connectivity index (χ0v) is 10.5. The van der Waals surface area contributed by atoms with Gasteiger partial charge < -0.3 is 0 Å². The van der Waals surface area contributed by atoms with Gasteiger partial charge in [0.2, 0.25) is 0 Å². The summed E-state index contributed by atoms with van der Waals surface area (Å²) in [5, 5.41) is 1.36. The van der Waals surface area contributed by atoms with E-state index in [1.807, 2.05) is 12.3 Å². The average molecular weight is 181 g/mol. The second-order valence-electron chi connectivity index (χ2n) is 3.45. The molecule has 60 valence electrons. The SMILES string of the molecule is C[Si](C)(C[SiH3])c1ccccn1. The molecule has 0 fully saturated rings. The molecule has 0 N–H and O–H groups in total. The van der Waals surface area contributed by atoms with Gasteiger partial charge >= 0.3 is 0 Å². The van der Waals surface area contributed by atoms with Crippen LogP contribution in [0.4, 0.5) is 0 Å². The van der Waals surface area contributed by atoms with Crippen LogP contribution in [0.25, 0.3) is 0 Å². The Bertz CT molecular complexity index is 221. The first-order valence-electron chi connectivity index (χ1n) is 4.08. The summed E-state index contributed by atoms with van der Waals surface area (Å²) >= 11 is 0. The van der Waals surface area contributed by atoms with E-state index in [-0.39, 0.29) is 0 Å². The second kappa shape index (κ2) is 3.32. The number of pyridine rings is 1. The standard InChI is InChI=1S/C8H15NSi2/c1-11(2,7-10)8-5-3-4-6-9-8/h3-6H,7H2,1-2,10H3. The van der Waals surface area contributed by atoms with Gasteiger partial charge in [0.1, 0.15) is 8.07 Å². The quantitative estimate of drug-likeness (QED) is 0.599. The molecule has 0 atom stereocenters. The zero-order chi connectivity index (χ0) is 8.32. The molecule has 0 saturated heterocycles.